The van der Waals surface area contributed by atoms with E-state index in [1.54, 1.807) is 50.4 Å². The van der Waals surface area contributed by atoms with Crippen molar-refractivity contribution in [2.45, 2.75) is 13.0 Å². The van der Waals surface area contributed by atoms with Gasteiger partial charge in [-0.2, -0.15) is 0 Å². The summed E-state index contributed by atoms with van der Waals surface area (Å²) < 4.78 is 10.3. The Morgan fingerprint density at radius 1 is 1.07 bits per heavy atom. The molecule has 2 N–H and O–H groups in total. The van der Waals surface area contributed by atoms with Gasteiger partial charge in [0, 0.05) is 5.56 Å². The van der Waals surface area contributed by atoms with Gasteiger partial charge in [-0.05, 0) is 36.8 Å². The number of carbonyl (C=O) groups excluding carboxylic acids is 2. The van der Waals surface area contributed by atoms with Crippen LogP contribution in [-0.4, -0.2) is 30.6 Å². The predicted molar refractivity (Wildman–Crippen MR) is 109 cm³/mol. The summed E-state index contributed by atoms with van der Waals surface area (Å²) in [5.74, 6) is -0.220. The average Bonchev–Trinajstić information content (AvgIpc) is 2.73. The molecule has 7 heteroatoms. The largest absolute Gasteiger partial charge is 0.497 e. The second-order valence-electron chi connectivity index (χ2n) is 6.01. The first kappa shape index (κ1) is 19.6. The maximum atomic E-state index is 13.3. The molecule has 0 saturated carbocycles. The lowest BCUT2D eigenvalue weighted by molar-refractivity contribution is -0.138. The Morgan fingerprint density at radius 2 is 1.75 bits per heavy atom. The smallest absolute Gasteiger partial charge is 0.355 e. The van der Waals surface area contributed by atoms with E-state index in [0.29, 0.717) is 11.3 Å². The molecule has 0 aromatic heterocycles. The highest BCUT2D eigenvalue weighted by Crippen LogP contribution is 2.31. The van der Waals surface area contributed by atoms with Crippen LogP contribution in [0.4, 0.5) is 0 Å². The Bertz CT molecular complexity index is 923. The van der Waals surface area contributed by atoms with Crippen molar-refractivity contribution in [2.75, 3.05) is 13.7 Å². The molecule has 0 saturated heterocycles. The van der Waals surface area contributed by atoms with E-state index in [4.69, 9.17) is 21.7 Å². The van der Waals surface area contributed by atoms with E-state index in [2.05, 4.69) is 10.6 Å². The summed E-state index contributed by atoms with van der Waals surface area (Å²) in [5, 5.41) is 6.14. The number of hydrogen-bond acceptors (Lipinski definition) is 5. The number of hydrogen-bond donors (Lipinski definition) is 2. The molecule has 1 heterocycles. The van der Waals surface area contributed by atoms with E-state index in [-0.39, 0.29) is 28.8 Å². The van der Waals surface area contributed by atoms with Crippen LogP contribution in [0.5, 0.6) is 5.75 Å². The van der Waals surface area contributed by atoms with E-state index in [1.807, 2.05) is 18.2 Å². The number of Topliss-reactive ketones (excluding diaryl/α,β-unsaturated/α-hetero) is 1. The Hall–Kier alpha value is -3.19. The van der Waals surface area contributed by atoms with Crippen LogP contribution in [0.25, 0.3) is 0 Å². The van der Waals surface area contributed by atoms with Gasteiger partial charge in [-0.15, -0.1) is 0 Å². The lowest BCUT2D eigenvalue weighted by Crippen LogP contribution is -2.47. The van der Waals surface area contributed by atoms with E-state index in [0.717, 1.165) is 5.56 Å². The van der Waals surface area contributed by atoms with Crippen molar-refractivity contribution in [1.82, 2.24) is 10.6 Å². The van der Waals surface area contributed by atoms with E-state index >= 15 is 0 Å². The standard InChI is InChI=1S/C21H20N2O4S/c1-3-27-20(25)18-16(19(24)14-7-5-4-6-8-14)17(22-21(28)23-18)13-9-11-15(26-2)12-10-13/h4-12,17H,3H2,1-2H3,(H2,22,23,28). The lowest BCUT2D eigenvalue weighted by Gasteiger charge is -2.30. The molecule has 144 valence electrons. The minimum atomic E-state index is -0.621. The van der Waals surface area contributed by atoms with Crippen LogP contribution in [0.1, 0.15) is 28.9 Å². The second kappa shape index (κ2) is 8.67. The van der Waals surface area contributed by atoms with Gasteiger partial charge in [-0.25, -0.2) is 4.79 Å². The van der Waals surface area contributed by atoms with Crippen LogP contribution in [0.15, 0.2) is 65.9 Å². The molecule has 1 atom stereocenters. The number of ketones is 1. The van der Waals surface area contributed by atoms with E-state index in [1.165, 1.54) is 0 Å². The summed E-state index contributed by atoms with van der Waals surface area (Å²) in [6, 6.07) is 15.4. The number of thiocarbonyl (C=S) groups is 1. The SMILES string of the molecule is CCOC(=O)C1=C(C(=O)c2ccccc2)C(c2ccc(OC)cc2)NC(=S)N1. The molecule has 6 nitrogen and oxygen atoms in total. The minimum Gasteiger partial charge on any atom is -0.497 e. The van der Waals surface area contributed by atoms with Crippen LogP contribution in [0.3, 0.4) is 0 Å². The first-order chi connectivity index (χ1) is 13.5. The van der Waals surface area contributed by atoms with Crippen LogP contribution in [0.2, 0.25) is 0 Å². The second-order valence-corrected chi connectivity index (χ2v) is 6.42. The molecule has 0 bridgehead atoms. The van der Waals surface area contributed by atoms with Crippen molar-refractivity contribution < 1.29 is 19.1 Å². The minimum absolute atomic E-state index is 0.0558. The topological polar surface area (TPSA) is 76.7 Å². The van der Waals surface area contributed by atoms with Gasteiger partial charge in [0.2, 0.25) is 0 Å². The van der Waals surface area contributed by atoms with Crippen molar-refractivity contribution in [1.29, 1.82) is 0 Å². The first-order valence-corrected chi connectivity index (χ1v) is 9.18. The zero-order valence-electron chi connectivity index (χ0n) is 15.5. The van der Waals surface area contributed by atoms with Crippen LogP contribution in [0, 0.1) is 0 Å². The highest BCUT2D eigenvalue weighted by molar-refractivity contribution is 7.80. The molecular weight excluding hydrogens is 376 g/mol. The monoisotopic (exact) mass is 396 g/mol. The molecule has 28 heavy (non-hydrogen) atoms. The summed E-state index contributed by atoms with van der Waals surface area (Å²) >= 11 is 5.27. The zero-order valence-corrected chi connectivity index (χ0v) is 16.3. The summed E-state index contributed by atoms with van der Waals surface area (Å²) in [6.45, 7) is 1.89. The van der Waals surface area contributed by atoms with E-state index in [9.17, 15) is 9.59 Å². The molecule has 0 spiro atoms. The average molecular weight is 396 g/mol. The van der Waals surface area contributed by atoms with Crippen molar-refractivity contribution in [3.05, 3.63) is 77.0 Å². The third kappa shape index (κ3) is 4.04. The number of methoxy groups -OCH3 is 1. The van der Waals surface area contributed by atoms with Gasteiger partial charge in [0.1, 0.15) is 11.4 Å². The van der Waals surface area contributed by atoms with Gasteiger partial charge in [0.05, 0.1) is 25.3 Å². The number of carbonyl (C=O) groups is 2. The van der Waals surface area contributed by atoms with Crippen LogP contribution in [-0.2, 0) is 9.53 Å². The molecule has 2 aromatic carbocycles. The Balaban J connectivity index is 2.14. The highest BCUT2D eigenvalue weighted by atomic mass is 32.1. The zero-order chi connectivity index (χ0) is 20.1. The summed E-state index contributed by atoms with van der Waals surface area (Å²) in [4.78, 5) is 25.9. The number of nitrogens with one attached hydrogen (secondary N) is 2. The molecule has 0 radical (unpaired) electrons. The fourth-order valence-electron chi connectivity index (χ4n) is 2.96. The summed E-state index contributed by atoms with van der Waals surface area (Å²) in [5.41, 5.74) is 1.55. The molecule has 1 unspecified atom stereocenters. The molecule has 0 fully saturated rings. The quantitative estimate of drug-likeness (QED) is 0.442. The third-order valence-corrected chi connectivity index (χ3v) is 4.50. The van der Waals surface area contributed by atoms with Gasteiger partial charge in [0.15, 0.2) is 10.9 Å². The van der Waals surface area contributed by atoms with Gasteiger partial charge >= 0.3 is 5.97 Å². The summed E-state index contributed by atoms with van der Waals surface area (Å²) in [7, 11) is 1.58. The van der Waals surface area contributed by atoms with Gasteiger partial charge in [-0.3, -0.25) is 4.79 Å². The molecule has 3 rings (SSSR count). The lowest BCUT2D eigenvalue weighted by atomic mass is 9.89. The van der Waals surface area contributed by atoms with Gasteiger partial charge < -0.3 is 20.1 Å². The van der Waals surface area contributed by atoms with Crippen molar-refractivity contribution in [3.63, 3.8) is 0 Å². The van der Waals surface area contributed by atoms with Gasteiger partial charge in [-0.1, -0.05) is 42.5 Å². The van der Waals surface area contributed by atoms with Crippen LogP contribution >= 0.6 is 12.2 Å². The molecule has 1 aliphatic rings. The first-order valence-electron chi connectivity index (χ1n) is 8.77. The third-order valence-electron chi connectivity index (χ3n) is 4.28. The van der Waals surface area contributed by atoms with Crippen molar-refractivity contribution in [2.24, 2.45) is 0 Å². The Kier molecular flexibility index (Phi) is 6.06. The maximum absolute atomic E-state index is 13.3. The number of rotatable bonds is 6. The predicted octanol–water partition coefficient (Wildman–Crippen LogP) is 2.91. The molecular formula is C21H20N2O4S. The van der Waals surface area contributed by atoms with Crippen molar-refractivity contribution >= 4 is 29.1 Å². The fourth-order valence-corrected chi connectivity index (χ4v) is 3.18. The van der Waals surface area contributed by atoms with Gasteiger partial charge in [0.25, 0.3) is 0 Å². The molecule has 1 aliphatic heterocycles. The summed E-state index contributed by atoms with van der Waals surface area (Å²) in [6.07, 6.45) is 0. The van der Waals surface area contributed by atoms with Crippen LogP contribution < -0.4 is 15.4 Å². The fraction of sp³-hybridized carbons (Fsp3) is 0.190. The number of esters is 1. The number of benzene rings is 2. The van der Waals surface area contributed by atoms with Crippen molar-refractivity contribution in [3.8, 4) is 5.75 Å². The molecule has 0 aliphatic carbocycles. The Morgan fingerprint density at radius 3 is 2.36 bits per heavy atom. The Labute approximate surface area is 168 Å². The maximum Gasteiger partial charge on any atom is 0.355 e. The normalized spacial score (nSPS) is 16.1. The van der Waals surface area contributed by atoms with E-state index < -0.39 is 12.0 Å². The molecule has 2 aromatic rings. The highest BCUT2D eigenvalue weighted by Gasteiger charge is 2.35. The molecule has 0 amide bonds. The number of ether oxygens (including phenoxy) is 2.